The minimum Gasteiger partial charge on any atom is -0.391 e. The minimum absolute atomic E-state index is 0.0920. The third-order valence-corrected chi connectivity index (χ3v) is 8.32. The maximum absolute atomic E-state index is 13.7. The van der Waals surface area contributed by atoms with Crippen LogP contribution in [-0.2, 0) is 5.41 Å². The van der Waals surface area contributed by atoms with E-state index in [9.17, 15) is 15.2 Å². The molecular weight excluding hydrogens is 448 g/mol. The Morgan fingerprint density at radius 2 is 1.64 bits per heavy atom. The fraction of sp³-hybridized carbons (Fsp3) is 0.367. The molecule has 1 aliphatic carbocycles. The summed E-state index contributed by atoms with van der Waals surface area (Å²) in [5.41, 5.74) is 2.21. The van der Waals surface area contributed by atoms with Crippen molar-refractivity contribution in [2.24, 2.45) is 0 Å². The Kier molecular flexibility index (Phi) is 5.73. The van der Waals surface area contributed by atoms with Crippen LogP contribution in [0.5, 0.6) is 0 Å². The molecule has 6 heteroatoms. The van der Waals surface area contributed by atoms with Crippen molar-refractivity contribution < 1.29 is 5.11 Å². The summed E-state index contributed by atoms with van der Waals surface area (Å²) in [4.78, 5) is 20.8. The normalized spacial score (nSPS) is 21.9. The molecule has 2 heterocycles. The number of aliphatic hydroxyl groups excluding tert-OH is 1. The lowest BCUT2D eigenvalue weighted by molar-refractivity contribution is 0.0735. The van der Waals surface area contributed by atoms with Gasteiger partial charge in [-0.05, 0) is 37.3 Å². The highest BCUT2D eigenvalue weighted by molar-refractivity contribution is 6.11. The number of hydrogen-bond acceptors (Lipinski definition) is 5. The lowest BCUT2D eigenvalue weighted by Gasteiger charge is -2.39. The maximum Gasteiger partial charge on any atom is 0.261 e. The molecule has 2 fully saturated rings. The first-order chi connectivity index (χ1) is 17.6. The number of benzene rings is 3. The summed E-state index contributed by atoms with van der Waals surface area (Å²) in [5, 5.41) is 23.3. The Morgan fingerprint density at radius 3 is 2.36 bits per heavy atom. The predicted octanol–water partition coefficient (Wildman–Crippen LogP) is 5.09. The van der Waals surface area contributed by atoms with Crippen molar-refractivity contribution in [2.75, 3.05) is 18.0 Å². The van der Waals surface area contributed by atoms with Crippen molar-refractivity contribution in [1.82, 2.24) is 9.55 Å². The van der Waals surface area contributed by atoms with E-state index in [1.807, 2.05) is 42.5 Å². The summed E-state index contributed by atoms with van der Waals surface area (Å²) >= 11 is 0. The molecule has 2 atom stereocenters. The highest BCUT2D eigenvalue weighted by Gasteiger charge is 2.37. The number of anilines is 1. The minimum atomic E-state index is -0.519. The van der Waals surface area contributed by atoms with E-state index in [1.165, 1.54) is 0 Å². The maximum atomic E-state index is 13.7. The van der Waals surface area contributed by atoms with Crippen LogP contribution in [0.25, 0.3) is 21.7 Å². The van der Waals surface area contributed by atoms with Crippen molar-refractivity contribution in [1.29, 1.82) is 5.26 Å². The van der Waals surface area contributed by atoms with Crippen LogP contribution < -0.4 is 10.5 Å². The highest BCUT2D eigenvalue weighted by atomic mass is 16.3. The van der Waals surface area contributed by atoms with Crippen LogP contribution in [0.1, 0.15) is 50.1 Å². The Labute approximate surface area is 210 Å². The summed E-state index contributed by atoms with van der Waals surface area (Å²) in [6.45, 7) is 1.46. The number of rotatable bonds is 3. The quantitative estimate of drug-likeness (QED) is 0.415. The van der Waals surface area contributed by atoms with Gasteiger partial charge in [0.25, 0.3) is 5.56 Å². The zero-order valence-electron chi connectivity index (χ0n) is 20.3. The van der Waals surface area contributed by atoms with Gasteiger partial charge in [-0.25, -0.2) is 4.98 Å². The molecule has 6 rings (SSSR count). The molecule has 1 aliphatic heterocycles. The molecule has 3 aromatic carbocycles. The summed E-state index contributed by atoms with van der Waals surface area (Å²) in [7, 11) is 0. The van der Waals surface area contributed by atoms with Crippen LogP contribution in [0.4, 0.5) is 5.69 Å². The first kappa shape index (κ1) is 22.8. The smallest absolute Gasteiger partial charge is 0.261 e. The van der Waals surface area contributed by atoms with Gasteiger partial charge < -0.3 is 10.0 Å². The molecule has 1 saturated heterocycles. The molecule has 36 heavy (non-hydrogen) atoms. The van der Waals surface area contributed by atoms with Crippen molar-refractivity contribution in [3.05, 3.63) is 82.9 Å². The number of nitriles is 1. The largest absolute Gasteiger partial charge is 0.391 e. The Bertz CT molecular complexity index is 1510. The average molecular weight is 479 g/mol. The van der Waals surface area contributed by atoms with E-state index in [2.05, 4.69) is 29.2 Å². The summed E-state index contributed by atoms with van der Waals surface area (Å²) in [5.74, 6) is 0. The van der Waals surface area contributed by atoms with Gasteiger partial charge in [-0.3, -0.25) is 9.36 Å². The molecule has 2 aliphatic rings. The van der Waals surface area contributed by atoms with E-state index in [0.29, 0.717) is 17.3 Å². The number of aliphatic hydroxyl groups is 1. The number of aromatic nitrogens is 2. The Morgan fingerprint density at radius 1 is 0.944 bits per heavy atom. The molecule has 0 unspecified atom stereocenters. The second-order valence-electron chi connectivity index (χ2n) is 10.3. The second-order valence-corrected chi connectivity index (χ2v) is 10.3. The fourth-order valence-corrected chi connectivity index (χ4v) is 6.22. The molecule has 1 saturated carbocycles. The number of fused-ring (bicyclic) bond motifs is 3. The molecule has 1 N–H and O–H groups in total. The van der Waals surface area contributed by atoms with Crippen molar-refractivity contribution >= 4 is 27.4 Å². The lowest BCUT2D eigenvalue weighted by atomic mass is 9.74. The van der Waals surface area contributed by atoms with Gasteiger partial charge in [-0.15, -0.1) is 0 Å². The number of nitrogens with zero attached hydrogens (tertiary/aromatic N) is 4. The molecular formula is C30H30N4O2. The predicted molar refractivity (Wildman–Crippen MR) is 142 cm³/mol. The van der Waals surface area contributed by atoms with E-state index in [4.69, 9.17) is 4.98 Å². The van der Waals surface area contributed by atoms with Gasteiger partial charge in [0.1, 0.15) is 0 Å². The molecule has 6 nitrogen and oxygen atoms in total. The van der Waals surface area contributed by atoms with Crippen LogP contribution in [0, 0.1) is 11.3 Å². The first-order valence-corrected chi connectivity index (χ1v) is 12.9. The van der Waals surface area contributed by atoms with Gasteiger partial charge in [-0.1, -0.05) is 67.4 Å². The zero-order chi connectivity index (χ0) is 24.7. The summed E-state index contributed by atoms with van der Waals surface area (Å²) < 4.78 is 1.65. The van der Waals surface area contributed by atoms with Crippen LogP contribution >= 0.6 is 0 Å². The van der Waals surface area contributed by atoms with Crippen molar-refractivity contribution in [3.63, 3.8) is 0 Å². The molecule has 0 spiro atoms. The lowest BCUT2D eigenvalue weighted by Crippen LogP contribution is -2.42. The van der Waals surface area contributed by atoms with Gasteiger partial charge in [0.15, 0.2) is 0 Å². The van der Waals surface area contributed by atoms with Gasteiger partial charge in [0.05, 0.1) is 40.9 Å². The molecule has 1 aromatic heterocycles. The van der Waals surface area contributed by atoms with E-state index in [0.717, 1.165) is 67.2 Å². The molecule has 4 aromatic rings. The van der Waals surface area contributed by atoms with E-state index < -0.39 is 11.5 Å². The van der Waals surface area contributed by atoms with E-state index in [-0.39, 0.29) is 11.6 Å². The van der Waals surface area contributed by atoms with Crippen LogP contribution in [0.2, 0.25) is 0 Å². The SMILES string of the molecule is N#CC1(c2ccccc2)CCN(c2cc3c(=O)n([C@H]4CCCC[C@@H]4O)cnc3c3ccccc23)CC1. The molecule has 0 bridgehead atoms. The number of piperidine rings is 1. The Balaban J connectivity index is 1.43. The molecule has 0 amide bonds. The fourth-order valence-electron chi connectivity index (χ4n) is 6.22. The monoisotopic (exact) mass is 478 g/mol. The second kappa shape index (κ2) is 9.07. The van der Waals surface area contributed by atoms with E-state index >= 15 is 0 Å². The Hall–Kier alpha value is -3.69. The van der Waals surface area contributed by atoms with Crippen molar-refractivity contribution in [2.45, 2.75) is 56.1 Å². The van der Waals surface area contributed by atoms with Gasteiger partial charge >= 0.3 is 0 Å². The summed E-state index contributed by atoms with van der Waals surface area (Å²) in [6, 6.07) is 22.6. The summed E-state index contributed by atoms with van der Waals surface area (Å²) in [6.07, 6.45) is 6.06. The molecule has 182 valence electrons. The number of hydrogen-bond donors (Lipinski definition) is 1. The van der Waals surface area contributed by atoms with Gasteiger partial charge in [-0.2, -0.15) is 5.26 Å². The zero-order valence-corrected chi connectivity index (χ0v) is 20.3. The third kappa shape index (κ3) is 3.66. The van der Waals surface area contributed by atoms with Crippen LogP contribution in [0.3, 0.4) is 0 Å². The molecule has 0 radical (unpaired) electrons. The van der Waals surface area contributed by atoms with Crippen LogP contribution in [0.15, 0.2) is 71.8 Å². The average Bonchev–Trinajstić information content (AvgIpc) is 2.94. The standard InChI is InChI=1S/C30H30N4O2/c31-19-30(21-8-2-1-3-9-21)14-16-33(17-15-30)26-18-24-28(23-11-5-4-10-22(23)26)32-20-34(29(24)36)25-12-6-7-13-27(25)35/h1-5,8-11,18,20,25,27,35H,6-7,12-17H2/t25-,27-/m0/s1. The topological polar surface area (TPSA) is 82.2 Å². The van der Waals surface area contributed by atoms with Crippen LogP contribution in [-0.4, -0.2) is 33.9 Å². The van der Waals surface area contributed by atoms with Gasteiger partial charge in [0.2, 0.25) is 0 Å². The van der Waals surface area contributed by atoms with E-state index in [1.54, 1.807) is 10.9 Å². The van der Waals surface area contributed by atoms with Crippen molar-refractivity contribution in [3.8, 4) is 6.07 Å². The highest BCUT2D eigenvalue weighted by Crippen LogP contribution is 2.39. The van der Waals surface area contributed by atoms with Gasteiger partial charge in [0, 0.05) is 29.5 Å². The first-order valence-electron chi connectivity index (χ1n) is 12.9. The third-order valence-electron chi connectivity index (χ3n) is 8.32.